The first kappa shape index (κ1) is 12.5. The molecular weight excluding hydrogens is 242 g/mol. The van der Waals surface area contributed by atoms with Crippen LogP contribution in [0.5, 0.6) is 0 Å². The van der Waals surface area contributed by atoms with Crippen molar-refractivity contribution in [3.63, 3.8) is 0 Å². The van der Waals surface area contributed by atoms with Gasteiger partial charge in [0.15, 0.2) is 6.29 Å². The Bertz CT molecular complexity index is 399. The molecule has 17 heavy (non-hydrogen) atoms. The molecule has 4 nitrogen and oxygen atoms in total. The van der Waals surface area contributed by atoms with Crippen molar-refractivity contribution in [3.8, 4) is 0 Å². The summed E-state index contributed by atoms with van der Waals surface area (Å²) in [5.41, 5.74) is 0.940. The fraction of sp³-hybridized carbons (Fsp3) is 0.417. The van der Waals surface area contributed by atoms with Gasteiger partial charge in [-0.15, -0.1) is 0 Å². The van der Waals surface area contributed by atoms with Crippen LogP contribution in [0.1, 0.15) is 5.56 Å². The number of carbonyl (C=O) groups excluding carboxylic acids is 1. The van der Waals surface area contributed by atoms with Crippen LogP contribution in [-0.4, -0.2) is 41.8 Å². The molecule has 1 aliphatic heterocycles. The summed E-state index contributed by atoms with van der Waals surface area (Å²) < 4.78 is 5.03. The number of rotatable bonds is 3. The first-order chi connectivity index (χ1) is 8.22. The number of halogens is 1. The second kappa shape index (κ2) is 5.60. The number of aldehydes is 1. The Morgan fingerprint density at radius 1 is 1.53 bits per heavy atom. The average Bonchev–Trinajstić information content (AvgIpc) is 2.32. The van der Waals surface area contributed by atoms with Gasteiger partial charge in [-0.1, -0.05) is 29.8 Å². The van der Waals surface area contributed by atoms with Gasteiger partial charge in [0.1, 0.15) is 12.3 Å². The van der Waals surface area contributed by atoms with Gasteiger partial charge in [0.25, 0.3) is 0 Å². The molecule has 2 rings (SSSR count). The molecule has 0 bridgehead atoms. The molecule has 0 aromatic heterocycles. The van der Waals surface area contributed by atoms with E-state index in [4.69, 9.17) is 16.3 Å². The number of ether oxygens (including phenoxy) is 1. The van der Waals surface area contributed by atoms with E-state index in [2.05, 4.69) is 0 Å². The van der Waals surface area contributed by atoms with Crippen LogP contribution in [0.2, 0.25) is 5.02 Å². The minimum absolute atomic E-state index is 0.413. The normalized spacial score (nSPS) is 25.8. The Morgan fingerprint density at radius 2 is 2.29 bits per heavy atom. The molecule has 0 spiro atoms. The lowest BCUT2D eigenvalue weighted by Crippen LogP contribution is -2.51. The standard InChI is InChI=1S/C12H14ClNO3/c13-10-4-2-1-3-9(10)7-14-5-6-17-12(16)11(14)8-15/h1-4,8,11-12,16H,5-7H2. The number of aliphatic hydroxyl groups excluding tert-OH is 1. The van der Waals surface area contributed by atoms with E-state index in [-0.39, 0.29) is 0 Å². The van der Waals surface area contributed by atoms with Crippen LogP contribution in [0.25, 0.3) is 0 Å². The summed E-state index contributed by atoms with van der Waals surface area (Å²) >= 11 is 6.06. The number of morpholine rings is 1. The first-order valence-electron chi connectivity index (χ1n) is 5.45. The number of hydrogen-bond acceptors (Lipinski definition) is 4. The first-order valence-corrected chi connectivity index (χ1v) is 5.82. The summed E-state index contributed by atoms with van der Waals surface area (Å²) in [5, 5.41) is 10.2. The van der Waals surface area contributed by atoms with E-state index in [1.54, 1.807) is 0 Å². The maximum Gasteiger partial charge on any atom is 0.177 e. The average molecular weight is 256 g/mol. The Morgan fingerprint density at radius 3 is 3.00 bits per heavy atom. The van der Waals surface area contributed by atoms with E-state index in [0.29, 0.717) is 31.0 Å². The summed E-state index contributed by atoms with van der Waals surface area (Å²) in [6.07, 6.45) is -0.343. The number of benzene rings is 1. The summed E-state index contributed by atoms with van der Waals surface area (Å²) in [5.74, 6) is 0. The number of nitrogens with zero attached hydrogens (tertiary/aromatic N) is 1. The third-order valence-electron chi connectivity index (χ3n) is 2.85. The fourth-order valence-electron chi connectivity index (χ4n) is 1.90. The van der Waals surface area contributed by atoms with Crippen LogP contribution in [0, 0.1) is 0 Å². The number of aliphatic hydroxyl groups is 1. The topological polar surface area (TPSA) is 49.8 Å². The summed E-state index contributed by atoms with van der Waals surface area (Å²) in [6.45, 7) is 1.55. The largest absolute Gasteiger partial charge is 0.366 e. The Balaban J connectivity index is 2.12. The molecule has 0 radical (unpaired) electrons. The molecule has 0 saturated carbocycles. The van der Waals surface area contributed by atoms with Crippen molar-refractivity contribution in [1.82, 2.24) is 4.90 Å². The van der Waals surface area contributed by atoms with Crippen molar-refractivity contribution in [3.05, 3.63) is 34.9 Å². The van der Waals surface area contributed by atoms with Crippen LogP contribution in [-0.2, 0) is 16.1 Å². The zero-order chi connectivity index (χ0) is 12.3. The van der Waals surface area contributed by atoms with Gasteiger partial charge in [-0.2, -0.15) is 0 Å². The van der Waals surface area contributed by atoms with Gasteiger partial charge >= 0.3 is 0 Å². The van der Waals surface area contributed by atoms with Crippen LogP contribution >= 0.6 is 11.6 Å². The smallest absolute Gasteiger partial charge is 0.177 e. The van der Waals surface area contributed by atoms with Crippen molar-refractivity contribution in [2.45, 2.75) is 18.9 Å². The van der Waals surface area contributed by atoms with Crippen molar-refractivity contribution >= 4 is 17.9 Å². The van der Waals surface area contributed by atoms with Crippen LogP contribution < -0.4 is 0 Å². The minimum atomic E-state index is -1.05. The van der Waals surface area contributed by atoms with E-state index in [0.717, 1.165) is 5.56 Å². The SMILES string of the molecule is O=CC1C(O)OCCN1Cc1ccccc1Cl. The second-order valence-electron chi connectivity index (χ2n) is 3.95. The molecule has 1 heterocycles. The Labute approximate surface area is 105 Å². The molecule has 1 aliphatic rings. The lowest BCUT2D eigenvalue weighted by molar-refractivity contribution is -0.180. The number of carbonyl (C=O) groups is 1. The van der Waals surface area contributed by atoms with Gasteiger partial charge in [-0.3, -0.25) is 4.90 Å². The van der Waals surface area contributed by atoms with Gasteiger partial charge in [0, 0.05) is 18.1 Å². The minimum Gasteiger partial charge on any atom is -0.366 e. The Kier molecular flexibility index (Phi) is 4.12. The molecule has 1 fully saturated rings. The van der Waals surface area contributed by atoms with Gasteiger partial charge < -0.3 is 14.6 Å². The molecule has 2 atom stereocenters. The van der Waals surface area contributed by atoms with E-state index >= 15 is 0 Å². The second-order valence-corrected chi connectivity index (χ2v) is 4.36. The highest BCUT2D eigenvalue weighted by Crippen LogP contribution is 2.20. The van der Waals surface area contributed by atoms with Crippen LogP contribution in [0.15, 0.2) is 24.3 Å². The molecular formula is C12H14ClNO3. The maximum absolute atomic E-state index is 10.9. The van der Waals surface area contributed by atoms with Crippen LogP contribution in [0.3, 0.4) is 0 Å². The highest BCUT2D eigenvalue weighted by Gasteiger charge is 2.30. The van der Waals surface area contributed by atoms with E-state index in [1.807, 2.05) is 29.2 Å². The van der Waals surface area contributed by atoms with Gasteiger partial charge in [-0.25, -0.2) is 0 Å². The highest BCUT2D eigenvalue weighted by atomic mass is 35.5. The van der Waals surface area contributed by atoms with Crippen molar-refractivity contribution < 1.29 is 14.6 Å². The van der Waals surface area contributed by atoms with Crippen molar-refractivity contribution in [2.75, 3.05) is 13.2 Å². The fourth-order valence-corrected chi connectivity index (χ4v) is 2.10. The van der Waals surface area contributed by atoms with E-state index < -0.39 is 12.3 Å². The predicted octanol–water partition coefficient (Wildman–Crippen LogP) is 1.06. The molecule has 0 aliphatic carbocycles. The van der Waals surface area contributed by atoms with Crippen molar-refractivity contribution in [1.29, 1.82) is 0 Å². The number of hydrogen-bond donors (Lipinski definition) is 1. The zero-order valence-corrected chi connectivity index (χ0v) is 10.0. The maximum atomic E-state index is 10.9. The third-order valence-corrected chi connectivity index (χ3v) is 3.22. The molecule has 1 aromatic rings. The Hall–Kier alpha value is -0.940. The molecule has 1 saturated heterocycles. The van der Waals surface area contributed by atoms with Crippen LogP contribution in [0.4, 0.5) is 0 Å². The molecule has 2 unspecified atom stereocenters. The highest BCUT2D eigenvalue weighted by molar-refractivity contribution is 6.31. The monoisotopic (exact) mass is 255 g/mol. The lowest BCUT2D eigenvalue weighted by Gasteiger charge is -2.35. The van der Waals surface area contributed by atoms with Crippen molar-refractivity contribution in [2.24, 2.45) is 0 Å². The lowest BCUT2D eigenvalue weighted by atomic mass is 10.1. The summed E-state index contributed by atoms with van der Waals surface area (Å²) in [7, 11) is 0. The summed E-state index contributed by atoms with van der Waals surface area (Å²) in [6, 6.07) is 6.85. The third kappa shape index (κ3) is 2.84. The van der Waals surface area contributed by atoms with Gasteiger partial charge in [0.05, 0.1) is 6.61 Å². The quantitative estimate of drug-likeness (QED) is 0.821. The molecule has 1 N–H and O–H groups in total. The van der Waals surface area contributed by atoms with E-state index in [9.17, 15) is 9.90 Å². The van der Waals surface area contributed by atoms with Gasteiger partial charge in [-0.05, 0) is 11.6 Å². The summed E-state index contributed by atoms with van der Waals surface area (Å²) in [4.78, 5) is 12.8. The molecule has 92 valence electrons. The van der Waals surface area contributed by atoms with E-state index in [1.165, 1.54) is 0 Å². The predicted molar refractivity (Wildman–Crippen MR) is 63.7 cm³/mol. The molecule has 0 amide bonds. The van der Waals surface area contributed by atoms with Gasteiger partial charge in [0.2, 0.25) is 0 Å². The zero-order valence-electron chi connectivity index (χ0n) is 9.25. The molecule has 5 heteroatoms. The molecule has 1 aromatic carbocycles.